The Morgan fingerprint density at radius 2 is 2.00 bits per heavy atom. The number of benzene rings is 1. The van der Waals surface area contributed by atoms with E-state index in [4.69, 9.17) is 0 Å². The third kappa shape index (κ3) is 2.08. The van der Waals surface area contributed by atoms with Crippen LogP contribution in [-0.2, 0) is 11.8 Å². The standard InChI is InChI=1S/C20H29N/c1-3-17-19-13-16-7-5-6-8-18(16)20(17,4-2)11-12-21(19)14-15-9-10-15/h5-8,15,17,19H,3-4,9-14H2,1-2H3/t17-,19-,20-/m1/s1. The minimum atomic E-state index is 0.467. The first-order chi connectivity index (χ1) is 10.3. The molecule has 1 aromatic carbocycles. The lowest BCUT2D eigenvalue weighted by Crippen LogP contribution is -2.59. The number of rotatable bonds is 4. The van der Waals surface area contributed by atoms with Gasteiger partial charge in [0.1, 0.15) is 0 Å². The molecule has 1 heteroatoms. The average Bonchev–Trinajstić information content (AvgIpc) is 3.33. The summed E-state index contributed by atoms with van der Waals surface area (Å²) < 4.78 is 0. The molecule has 0 N–H and O–H groups in total. The zero-order valence-electron chi connectivity index (χ0n) is 13.6. The smallest absolute Gasteiger partial charge is 0.0172 e. The summed E-state index contributed by atoms with van der Waals surface area (Å²) in [6.45, 7) is 7.57. The van der Waals surface area contributed by atoms with E-state index in [1.807, 2.05) is 0 Å². The van der Waals surface area contributed by atoms with E-state index in [9.17, 15) is 0 Å². The molecule has 4 rings (SSSR count). The number of nitrogens with zero attached hydrogens (tertiary/aromatic N) is 1. The molecule has 114 valence electrons. The topological polar surface area (TPSA) is 3.24 Å². The molecule has 0 radical (unpaired) electrons. The van der Waals surface area contributed by atoms with Crippen LogP contribution in [0.2, 0.25) is 0 Å². The Bertz CT molecular complexity index is 518. The van der Waals surface area contributed by atoms with Crippen LogP contribution in [0.5, 0.6) is 0 Å². The molecule has 21 heavy (non-hydrogen) atoms. The zero-order valence-corrected chi connectivity index (χ0v) is 13.6. The molecule has 3 aliphatic rings. The van der Waals surface area contributed by atoms with Gasteiger partial charge in [0.25, 0.3) is 0 Å². The van der Waals surface area contributed by atoms with Crippen LogP contribution in [0.25, 0.3) is 0 Å². The first-order valence-corrected chi connectivity index (χ1v) is 9.11. The number of piperidine rings is 1. The van der Waals surface area contributed by atoms with E-state index >= 15 is 0 Å². The summed E-state index contributed by atoms with van der Waals surface area (Å²) in [5.74, 6) is 1.89. The van der Waals surface area contributed by atoms with Gasteiger partial charge in [0.2, 0.25) is 0 Å². The Labute approximate surface area is 129 Å². The van der Waals surface area contributed by atoms with Crippen LogP contribution < -0.4 is 0 Å². The van der Waals surface area contributed by atoms with Crippen LogP contribution in [0.15, 0.2) is 24.3 Å². The molecule has 3 atom stereocenters. The molecule has 1 nitrogen and oxygen atoms in total. The average molecular weight is 283 g/mol. The SMILES string of the molecule is CC[C@@H]1[C@H]2Cc3ccccc3[C@]1(CC)CCN2CC1CC1. The third-order valence-corrected chi connectivity index (χ3v) is 6.73. The first-order valence-electron chi connectivity index (χ1n) is 9.11. The minimum absolute atomic E-state index is 0.467. The number of fused-ring (bicyclic) bond motifs is 4. The van der Waals surface area contributed by atoms with E-state index in [0.29, 0.717) is 5.41 Å². The Kier molecular flexibility index (Phi) is 3.37. The molecule has 2 fully saturated rings. The van der Waals surface area contributed by atoms with Crippen molar-refractivity contribution < 1.29 is 0 Å². The predicted molar refractivity (Wildman–Crippen MR) is 88.6 cm³/mol. The van der Waals surface area contributed by atoms with Crippen molar-refractivity contribution >= 4 is 0 Å². The molecule has 1 heterocycles. The molecular weight excluding hydrogens is 254 g/mol. The molecule has 1 aromatic rings. The normalized spacial score (nSPS) is 35.5. The first kappa shape index (κ1) is 13.8. The van der Waals surface area contributed by atoms with Crippen LogP contribution in [0.1, 0.15) is 57.1 Å². The molecule has 1 saturated heterocycles. The van der Waals surface area contributed by atoms with Crippen LogP contribution in [-0.4, -0.2) is 24.0 Å². The Hall–Kier alpha value is -0.820. The predicted octanol–water partition coefficient (Wildman–Crippen LogP) is 4.40. The summed E-state index contributed by atoms with van der Waals surface area (Å²) in [5.41, 5.74) is 3.81. The van der Waals surface area contributed by atoms with E-state index in [-0.39, 0.29) is 0 Å². The van der Waals surface area contributed by atoms with Crippen LogP contribution in [0.3, 0.4) is 0 Å². The highest BCUT2D eigenvalue weighted by Crippen LogP contribution is 2.52. The minimum Gasteiger partial charge on any atom is -0.299 e. The lowest BCUT2D eigenvalue weighted by molar-refractivity contribution is 0.00674. The summed E-state index contributed by atoms with van der Waals surface area (Å²) in [6.07, 6.45) is 8.29. The van der Waals surface area contributed by atoms with Gasteiger partial charge in [0.05, 0.1) is 0 Å². The van der Waals surface area contributed by atoms with Gasteiger partial charge in [-0.05, 0) is 61.6 Å². The van der Waals surface area contributed by atoms with Gasteiger partial charge in [-0.3, -0.25) is 4.90 Å². The highest BCUT2D eigenvalue weighted by molar-refractivity contribution is 5.40. The van der Waals surface area contributed by atoms with E-state index in [1.165, 1.54) is 51.6 Å². The molecule has 0 amide bonds. The Morgan fingerprint density at radius 1 is 1.19 bits per heavy atom. The number of likely N-dealkylation sites (tertiary alicyclic amines) is 1. The fourth-order valence-corrected chi connectivity index (χ4v) is 5.48. The van der Waals surface area contributed by atoms with Gasteiger partial charge >= 0.3 is 0 Å². The van der Waals surface area contributed by atoms with Gasteiger partial charge in [-0.25, -0.2) is 0 Å². The van der Waals surface area contributed by atoms with Gasteiger partial charge < -0.3 is 0 Å². The van der Waals surface area contributed by atoms with Crippen molar-refractivity contribution in [3.8, 4) is 0 Å². The quantitative estimate of drug-likeness (QED) is 0.791. The largest absolute Gasteiger partial charge is 0.299 e. The zero-order chi connectivity index (χ0) is 14.4. The maximum Gasteiger partial charge on any atom is 0.0172 e. The van der Waals surface area contributed by atoms with Gasteiger partial charge in [0.15, 0.2) is 0 Å². The second-order valence-electron chi connectivity index (χ2n) is 7.64. The summed E-state index contributed by atoms with van der Waals surface area (Å²) in [7, 11) is 0. The second-order valence-corrected chi connectivity index (χ2v) is 7.64. The van der Waals surface area contributed by atoms with Gasteiger partial charge in [-0.2, -0.15) is 0 Å². The Balaban J connectivity index is 1.74. The Morgan fingerprint density at radius 3 is 2.71 bits per heavy atom. The van der Waals surface area contributed by atoms with Crippen LogP contribution in [0.4, 0.5) is 0 Å². The highest BCUT2D eigenvalue weighted by atomic mass is 15.2. The summed E-state index contributed by atoms with van der Waals surface area (Å²) >= 11 is 0. The maximum atomic E-state index is 2.87. The van der Waals surface area contributed by atoms with Crippen molar-refractivity contribution in [1.29, 1.82) is 0 Å². The molecule has 1 aliphatic heterocycles. The molecular formula is C20H29N. The molecule has 0 aromatic heterocycles. The van der Waals surface area contributed by atoms with Crippen molar-refractivity contribution in [2.24, 2.45) is 11.8 Å². The van der Waals surface area contributed by atoms with Crippen molar-refractivity contribution in [3.63, 3.8) is 0 Å². The molecule has 0 unspecified atom stereocenters. The molecule has 2 bridgehead atoms. The van der Waals surface area contributed by atoms with E-state index in [0.717, 1.165) is 17.9 Å². The summed E-state index contributed by atoms with van der Waals surface area (Å²) in [4.78, 5) is 2.87. The highest BCUT2D eigenvalue weighted by Gasteiger charge is 2.51. The van der Waals surface area contributed by atoms with E-state index < -0.39 is 0 Å². The molecule has 1 saturated carbocycles. The fraction of sp³-hybridized carbons (Fsp3) is 0.700. The number of hydrogen-bond acceptors (Lipinski definition) is 1. The lowest BCUT2D eigenvalue weighted by Gasteiger charge is -2.57. The van der Waals surface area contributed by atoms with Crippen LogP contribution in [0, 0.1) is 11.8 Å². The van der Waals surface area contributed by atoms with Crippen molar-refractivity contribution in [3.05, 3.63) is 35.4 Å². The van der Waals surface area contributed by atoms with Gasteiger partial charge in [-0.1, -0.05) is 44.5 Å². The van der Waals surface area contributed by atoms with E-state index in [2.05, 4.69) is 43.0 Å². The summed E-state index contributed by atoms with van der Waals surface area (Å²) in [5, 5.41) is 0. The maximum absolute atomic E-state index is 2.87. The molecule has 2 aliphatic carbocycles. The lowest BCUT2D eigenvalue weighted by atomic mass is 9.55. The van der Waals surface area contributed by atoms with Crippen molar-refractivity contribution in [2.45, 2.75) is 63.8 Å². The van der Waals surface area contributed by atoms with Gasteiger partial charge in [0, 0.05) is 18.0 Å². The van der Waals surface area contributed by atoms with Crippen molar-refractivity contribution in [1.82, 2.24) is 4.90 Å². The molecule has 0 spiro atoms. The van der Waals surface area contributed by atoms with E-state index in [1.54, 1.807) is 11.1 Å². The number of hydrogen-bond donors (Lipinski definition) is 0. The fourth-order valence-electron chi connectivity index (χ4n) is 5.48. The second kappa shape index (κ2) is 5.12. The third-order valence-electron chi connectivity index (χ3n) is 6.73. The van der Waals surface area contributed by atoms with Gasteiger partial charge in [-0.15, -0.1) is 0 Å². The summed E-state index contributed by atoms with van der Waals surface area (Å²) in [6, 6.07) is 10.2. The van der Waals surface area contributed by atoms with Crippen LogP contribution >= 0.6 is 0 Å². The van der Waals surface area contributed by atoms with Crippen molar-refractivity contribution in [2.75, 3.05) is 13.1 Å². The monoisotopic (exact) mass is 283 g/mol.